The number of benzene rings is 1. The average Bonchev–Trinajstić information content (AvgIpc) is 2.28. The van der Waals surface area contributed by atoms with Crippen molar-refractivity contribution in [2.45, 2.75) is 32.6 Å². The van der Waals surface area contributed by atoms with E-state index in [1.165, 1.54) is 12.1 Å². The molecule has 2 N–H and O–H groups in total. The minimum Gasteiger partial charge on any atom is -0.435 e. The predicted octanol–water partition coefficient (Wildman–Crippen LogP) is 2.32. The summed E-state index contributed by atoms with van der Waals surface area (Å²) in [7, 11) is 0. The van der Waals surface area contributed by atoms with Gasteiger partial charge in [-0.2, -0.15) is 8.78 Å². The van der Waals surface area contributed by atoms with Crippen molar-refractivity contribution < 1.29 is 18.6 Å². The Kier molecular flexibility index (Phi) is 5.31. The Bertz CT molecular complexity index is 330. The number of hydrogen-bond acceptors (Lipinski definition) is 3. The van der Waals surface area contributed by atoms with E-state index in [0.29, 0.717) is 5.56 Å². The predicted molar refractivity (Wildman–Crippen MR) is 61.2 cm³/mol. The van der Waals surface area contributed by atoms with E-state index >= 15 is 0 Å². The molecule has 0 amide bonds. The van der Waals surface area contributed by atoms with Crippen LogP contribution in [0.25, 0.3) is 0 Å². The number of ether oxygens (including phenoxy) is 1. The van der Waals surface area contributed by atoms with Gasteiger partial charge in [-0.3, -0.25) is 0 Å². The van der Waals surface area contributed by atoms with Crippen molar-refractivity contribution in [1.29, 1.82) is 0 Å². The molecule has 0 saturated carbocycles. The van der Waals surface area contributed by atoms with Gasteiger partial charge in [0.15, 0.2) is 0 Å². The van der Waals surface area contributed by atoms with Crippen LogP contribution in [0, 0.1) is 0 Å². The van der Waals surface area contributed by atoms with Gasteiger partial charge < -0.3 is 15.2 Å². The second-order valence-electron chi connectivity index (χ2n) is 3.74. The summed E-state index contributed by atoms with van der Waals surface area (Å²) in [6.45, 7) is 1.73. The van der Waals surface area contributed by atoms with Gasteiger partial charge in [0.1, 0.15) is 5.75 Å². The fraction of sp³-hybridized carbons (Fsp3) is 0.500. The molecular weight excluding hydrogens is 228 g/mol. The minimum absolute atomic E-state index is 0.0899. The van der Waals surface area contributed by atoms with Gasteiger partial charge in [0.05, 0.1) is 6.10 Å². The molecule has 96 valence electrons. The van der Waals surface area contributed by atoms with Crippen LogP contribution in [-0.4, -0.2) is 24.3 Å². The summed E-state index contributed by atoms with van der Waals surface area (Å²) in [5.41, 5.74) is 0.667. The molecule has 0 aromatic heterocycles. The highest BCUT2D eigenvalue weighted by atomic mass is 19.3. The Balaban J connectivity index is 2.66. The largest absolute Gasteiger partial charge is 0.435 e. The molecule has 17 heavy (non-hydrogen) atoms. The SMILES string of the molecule is CCNC(C)C(O)c1ccc(OC(F)F)cc1. The number of halogens is 2. The molecular formula is C12H17F2NO2. The van der Waals surface area contributed by atoms with E-state index in [0.717, 1.165) is 6.54 Å². The van der Waals surface area contributed by atoms with Crippen molar-refractivity contribution in [3.8, 4) is 5.75 Å². The van der Waals surface area contributed by atoms with Gasteiger partial charge in [0.25, 0.3) is 0 Å². The highest BCUT2D eigenvalue weighted by Crippen LogP contribution is 2.21. The third-order valence-electron chi connectivity index (χ3n) is 2.45. The van der Waals surface area contributed by atoms with Crippen molar-refractivity contribution in [3.63, 3.8) is 0 Å². The van der Waals surface area contributed by atoms with Crippen molar-refractivity contribution in [2.75, 3.05) is 6.54 Å². The van der Waals surface area contributed by atoms with Crippen LogP contribution >= 0.6 is 0 Å². The summed E-state index contributed by atoms with van der Waals surface area (Å²) in [4.78, 5) is 0. The molecule has 0 spiro atoms. The van der Waals surface area contributed by atoms with Crippen molar-refractivity contribution >= 4 is 0 Å². The maximum atomic E-state index is 11.9. The van der Waals surface area contributed by atoms with Crippen molar-refractivity contribution in [2.24, 2.45) is 0 Å². The van der Waals surface area contributed by atoms with Gasteiger partial charge in [-0.25, -0.2) is 0 Å². The van der Waals surface area contributed by atoms with Crippen LogP contribution in [0.3, 0.4) is 0 Å². The maximum Gasteiger partial charge on any atom is 0.387 e. The zero-order valence-corrected chi connectivity index (χ0v) is 9.86. The van der Waals surface area contributed by atoms with Gasteiger partial charge in [-0.05, 0) is 31.2 Å². The smallest absolute Gasteiger partial charge is 0.387 e. The molecule has 0 radical (unpaired) electrons. The molecule has 1 aromatic rings. The van der Waals surface area contributed by atoms with E-state index in [1.54, 1.807) is 12.1 Å². The average molecular weight is 245 g/mol. The second-order valence-corrected chi connectivity index (χ2v) is 3.74. The monoisotopic (exact) mass is 245 g/mol. The molecule has 0 fully saturated rings. The Morgan fingerprint density at radius 1 is 1.29 bits per heavy atom. The zero-order valence-electron chi connectivity index (χ0n) is 9.86. The number of alkyl halides is 2. The van der Waals surface area contributed by atoms with E-state index < -0.39 is 12.7 Å². The van der Waals surface area contributed by atoms with Crippen LogP contribution in [0.2, 0.25) is 0 Å². The van der Waals surface area contributed by atoms with Crippen LogP contribution in [0.5, 0.6) is 5.75 Å². The molecule has 0 aliphatic heterocycles. The van der Waals surface area contributed by atoms with Gasteiger partial charge in [-0.15, -0.1) is 0 Å². The van der Waals surface area contributed by atoms with E-state index in [1.807, 2.05) is 13.8 Å². The van der Waals surface area contributed by atoms with Crippen molar-refractivity contribution in [3.05, 3.63) is 29.8 Å². The lowest BCUT2D eigenvalue weighted by Crippen LogP contribution is -2.31. The number of likely N-dealkylation sites (N-methyl/N-ethyl adjacent to an activating group) is 1. The first-order valence-electron chi connectivity index (χ1n) is 5.50. The fourth-order valence-electron chi connectivity index (χ4n) is 1.57. The molecule has 2 atom stereocenters. The minimum atomic E-state index is -2.83. The van der Waals surface area contributed by atoms with Crippen molar-refractivity contribution in [1.82, 2.24) is 5.32 Å². The third kappa shape index (κ3) is 4.28. The number of aliphatic hydroxyl groups is 1. The van der Waals surface area contributed by atoms with Crippen LogP contribution in [0.15, 0.2) is 24.3 Å². The van der Waals surface area contributed by atoms with Crippen LogP contribution in [0.4, 0.5) is 8.78 Å². The Morgan fingerprint density at radius 3 is 2.35 bits per heavy atom. The van der Waals surface area contributed by atoms with Crippen LogP contribution in [-0.2, 0) is 0 Å². The lowest BCUT2D eigenvalue weighted by atomic mass is 10.0. The molecule has 1 rings (SSSR count). The molecule has 0 bridgehead atoms. The van der Waals surface area contributed by atoms with Crippen LogP contribution in [0.1, 0.15) is 25.5 Å². The highest BCUT2D eigenvalue weighted by molar-refractivity contribution is 5.29. The van der Waals surface area contributed by atoms with E-state index in [9.17, 15) is 13.9 Å². The number of aliphatic hydroxyl groups excluding tert-OH is 1. The highest BCUT2D eigenvalue weighted by Gasteiger charge is 2.15. The summed E-state index contributed by atoms with van der Waals surface area (Å²) in [6, 6.07) is 5.90. The first kappa shape index (κ1) is 13.9. The molecule has 0 heterocycles. The first-order chi connectivity index (χ1) is 8.04. The Morgan fingerprint density at radius 2 is 1.88 bits per heavy atom. The molecule has 5 heteroatoms. The van der Waals surface area contributed by atoms with Gasteiger partial charge in [0, 0.05) is 6.04 Å². The van der Waals surface area contributed by atoms with E-state index in [4.69, 9.17) is 0 Å². The van der Waals surface area contributed by atoms with Gasteiger partial charge in [-0.1, -0.05) is 19.1 Å². The molecule has 0 saturated heterocycles. The number of hydrogen-bond donors (Lipinski definition) is 2. The second kappa shape index (κ2) is 6.51. The summed E-state index contributed by atoms with van der Waals surface area (Å²) < 4.78 is 28.1. The van der Waals surface area contributed by atoms with E-state index in [2.05, 4.69) is 10.1 Å². The summed E-state index contributed by atoms with van der Waals surface area (Å²) >= 11 is 0. The Hall–Kier alpha value is -1.20. The Labute approximate surface area is 99.4 Å². The summed E-state index contributed by atoms with van der Waals surface area (Å²) in [6.07, 6.45) is -0.671. The maximum absolute atomic E-state index is 11.9. The van der Waals surface area contributed by atoms with Crippen LogP contribution < -0.4 is 10.1 Å². The standard InChI is InChI=1S/C12H17F2NO2/c1-3-15-8(2)11(16)9-4-6-10(7-5-9)17-12(13)14/h4-8,11-12,15-16H,3H2,1-2H3. The van der Waals surface area contributed by atoms with Gasteiger partial charge >= 0.3 is 6.61 Å². The lowest BCUT2D eigenvalue weighted by Gasteiger charge is -2.20. The quantitative estimate of drug-likeness (QED) is 0.808. The molecule has 0 aliphatic rings. The topological polar surface area (TPSA) is 41.5 Å². The van der Waals surface area contributed by atoms with E-state index in [-0.39, 0.29) is 11.8 Å². The van der Waals surface area contributed by atoms with Gasteiger partial charge in [0.2, 0.25) is 0 Å². The lowest BCUT2D eigenvalue weighted by molar-refractivity contribution is -0.0498. The number of rotatable bonds is 6. The fourth-order valence-corrected chi connectivity index (χ4v) is 1.57. The normalized spacial score (nSPS) is 14.7. The molecule has 2 unspecified atom stereocenters. The summed E-state index contributed by atoms with van der Waals surface area (Å²) in [5.74, 6) is 0.0899. The summed E-state index contributed by atoms with van der Waals surface area (Å²) in [5, 5.41) is 13.0. The molecule has 1 aromatic carbocycles. The third-order valence-corrected chi connectivity index (χ3v) is 2.45. The molecule has 0 aliphatic carbocycles. The molecule has 3 nitrogen and oxygen atoms in total. The number of nitrogens with one attached hydrogen (secondary N) is 1. The first-order valence-corrected chi connectivity index (χ1v) is 5.50. The zero-order chi connectivity index (χ0) is 12.8.